The summed E-state index contributed by atoms with van der Waals surface area (Å²) in [6.07, 6.45) is 0. The maximum absolute atomic E-state index is 11.4. The standard InChI is InChI=1S/C27H28ClNO7/c1-16-18(4-3-5-20(16)17-6-7-23-25(11-17)35-9-8-34-23)14-36-24-12-22(31)19(10-21(24)28)13-29-27(2,15-30)26(32)33/h3-7,10-12,29-31H,8-9,13-15H2,1-2H3,(H,32,33). The number of ether oxygens (including phenoxy) is 3. The van der Waals surface area contributed by atoms with Crippen LogP contribution in [0.1, 0.15) is 23.6 Å². The number of benzene rings is 3. The lowest BCUT2D eigenvalue weighted by Gasteiger charge is -2.24. The summed E-state index contributed by atoms with van der Waals surface area (Å²) >= 11 is 6.39. The molecule has 3 aromatic carbocycles. The van der Waals surface area contributed by atoms with E-state index in [-0.39, 0.29) is 23.9 Å². The first-order chi connectivity index (χ1) is 17.2. The van der Waals surface area contributed by atoms with Crippen LogP contribution in [0, 0.1) is 6.92 Å². The van der Waals surface area contributed by atoms with E-state index in [0.717, 1.165) is 33.8 Å². The second kappa shape index (κ2) is 10.7. The summed E-state index contributed by atoms with van der Waals surface area (Å²) in [5.74, 6) is 0.447. The predicted molar refractivity (Wildman–Crippen MR) is 135 cm³/mol. The van der Waals surface area contributed by atoms with Crippen molar-refractivity contribution in [3.05, 3.63) is 70.2 Å². The third kappa shape index (κ3) is 5.36. The number of carboxylic acid groups (broad SMARTS) is 1. The molecule has 1 unspecified atom stereocenters. The zero-order valence-corrected chi connectivity index (χ0v) is 20.8. The van der Waals surface area contributed by atoms with Gasteiger partial charge in [0, 0.05) is 18.2 Å². The normalized spacial score (nSPS) is 14.2. The third-order valence-corrected chi connectivity index (χ3v) is 6.57. The second-order valence-electron chi connectivity index (χ2n) is 8.80. The van der Waals surface area contributed by atoms with Crippen molar-refractivity contribution in [2.45, 2.75) is 32.5 Å². The van der Waals surface area contributed by atoms with Crippen LogP contribution in [-0.4, -0.2) is 46.6 Å². The summed E-state index contributed by atoms with van der Waals surface area (Å²) in [4.78, 5) is 11.4. The first-order valence-electron chi connectivity index (χ1n) is 11.4. The van der Waals surface area contributed by atoms with Crippen LogP contribution >= 0.6 is 11.6 Å². The fourth-order valence-corrected chi connectivity index (χ4v) is 4.09. The van der Waals surface area contributed by atoms with E-state index in [2.05, 4.69) is 5.32 Å². The van der Waals surface area contributed by atoms with Gasteiger partial charge in [0.2, 0.25) is 0 Å². The molecule has 9 heteroatoms. The van der Waals surface area contributed by atoms with Gasteiger partial charge in [0.25, 0.3) is 0 Å². The number of phenolic OH excluding ortho intramolecular Hbond substituents is 1. The Balaban J connectivity index is 1.49. The van der Waals surface area contributed by atoms with Gasteiger partial charge < -0.3 is 29.5 Å². The van der Waals surface area contributed by atoms with Gasteiger partial charge in [-0.25, -0.2) is 0 Å². The molecule has 3 aromatic rings. The smallest absolute Gasteiger partial charge is 0.326 e. The highest BCUT2D eigenvalue weighted by molar-refractivity contribution is 6.32. The molecule has 1 aliphatic heterocycles. The highest BCUT2D eigenvalue weighted by Gasteiger charge is 2.32. The summed E-state index contributed by atoms with van der Waals surface area (Å²) in [6, 6.07) is 14.7. The van der Waals surface area contributed by atoms with Crippen LogP contribution in [0.4, 0.5) is 0 Å². The number of phenols is 1. The van der Waals surface area contributed by atoms with E-state index in [1.54, 1.807) is 0 Å². The molecule has 0 fully saturated rings. The van der Waals surface area contributed by atoms with Crippen LogP contribution in [0.2, 0.25) is 5.02 Å². The number of halogens is 1. The van der Waals surface area contributed by atoms with Crippen LogP contribution in [-0.2, 0) is 17.9 Å². The molecule has 0 saturated carbocycles. The van der Waals surface area contributed by atoms with Crippen molar-refractivity contribution in [1.29, 1.82) is 0 Å². The van der Waals surface area contributed by atoms with Gasteiger partial charge in [0.1, 0.15) is 36.9 Å². The van der Waals surface area contributed by atoms with Crippen LogP contribution in [0.5, 0.6) is 23.0 Å². The molecule has 0 aromatic heterocycles. The molecule has 0 aliphatic carbocycles. The molecule has 8 nitrogen and oxygen atoms in total. The number of nitrogens with one attached hydrogen (secondary N) is 1. The van der Waals surface area contributed by atoms with Gasteiger partial charge in [0.15, 0.2) is 11.5 Å². The Bertz CT molecular complexity index is 1280. The first kappa shape index (κ1) is 25.6. The van der Waals surface area contributed by atoms with Crippen molar-refractivity contribution >= 4 is 17.6 Å². The van der Waals surface area contributed by atoms with E-state index in [1.807, 2.05) is 43.3 Å². The van der Waals surface area contributed by atoms with Gasteiger partial charge in [-0.2, -0.15) is 0 Å². The van der Waals surface area contributed by atoms with Crippen molar-refractivity contribution in [2.24, 2.45) is 0 Å². The van der Waals surface area contributed by atoms with Crippen LogP contribution in [0.3, 0.4) is 0 Å². The highest BCUT2D eigenvalue weighted by Crippen LogP contribution is 2.37. The molecule has 0 spiro atoms. The Morgan fingerprint density at radius 1 is 1.11 bits per heavy atom. The molecule has 1 aliphatic rings. The lowest BCUT2D eigenvalue weighted by Crippen LogP contribution is -2.52. The summed E-state index contributed by atoms with van der Waals surface area (Å²) in [5.41, 5.74) is 2.85. The Kier molecular flexibility index (Phi) is 7.59. The van der Waals surface area contributed by atoms with Crippen LogP contribution < -0.4 is 19.5 Å². The minimum absolute atomic E-state index is 0.00806. The van der Waals surface area contributed by atoms with Gasteiger partial charge in [0.05, 0.1) is 11.6 Å². The molecule has 0 saturated heterocycles. The Morgan fingerprint density at radius 2 is 1.86 bits per heavy atom. The SMILES string of the molecule is Cc1c(COc2cc(O)c(CNC(C)(CO)C(=O)O)cc2Cl)cccc1-c1ccc2c(c1)OCCO2. The fraction of sp³-hybridized carbons (Fsp3) is 0.296. The first-order valence-corrected chi connectivity index (χ1v) is 11.8. The van der Waals surface area contributed by atoms with Crippen LogP contribution in [0.15, 0.2) is 48.5 Å². The highest BCUT2D eigenvalue weighted by atomic mass is 35.5. The zero-order valence-electron chi connectivity index (χ0n) is 20.0. The Morgan fingerprint density at radius 3 is 2.58 bits per heavy atom. The van der Waals surface area contributed by atoms with E-state index in [1.165, 1.54) is 19.1 Å². The van der Waals surface area contributed by atoms with E-state index in [9.17, 15) is 20.1 Å². The average molecular weight is 514 g/mol. The number of carbonyl (C=O) groups is 1. The largest absolute Gasteiger partial charge is 0.507 e. The number of aliphatic carboxylic acids is 1. The topological polar surface area (TPSA) is 117 Å². The van der Waals surface area contributed by atoms with E-state index >= 15 is 0 Å². The minimum atomic E-state index is -1.55. The molecule has 1 heterocycles. The molecular formula is C27H28ClNO7. The summed E-state index contributed by atoms with van der Waals surface area (Å²) in [5, 5.41) is 32.1. The number of aliphatic hydroxyl groups excluding tert-OH is 1. The maximum atomic E-state index is 11.4. The number of hydrogen-bond donors (Lipinski definition) is 4. The van der Waals surface area contributed by atoms with Gasteiger partial charge >= 0.3 is 5.97 Å². The number of carboxylic acids is 1. The molecule has 0 bridgehead atoms. The molecule has 0 radical (unpaired) electrons. The van der Waals surface area contributed by atoms with Crippen LogP contribution in [0.25, 0.3) is 11.1 Å². The lowest BCUT2D eigenvalue weighted by molar-refractivity contribution is -0.145. The Hall–Kier alpha value is -3.46. The van der Waals surface area contributed by atoms with Crippen molar-refractivity contribution < 1.29 is 34.3 Å². The molecule has 190 valence electrons. The fourth-order valence-electron chi connectivity index (χ4n) is 3.84. The molecule has 0 amide bonds. The summed E-state index contributed by atoms with van der Waals surface area (Å²) < 4.78 is 17.3. The van der Waals surface area contributed by atoms with E-state index < -0.39 is 18.1 Å². The molecule has 36 heavy (non-hydrogen) atoms. The van der Waals surface area contributed by atoms with Crippen molar-refractivity contribution in [2.75, 3.05) is 19.8 Å². The Labute approximate surface area is 214 Å². The van der Waals surface area contributed by atoms with Crippen molar-refractivity contribution in [3.63, 3.8) is 0 Å². The van der Waals surface area contributed by atoms with E-state index in [4.69, 9.17) is 25.8 Å². The monoisotopic (exact) mass is 513 g/mol. The van der Waals surface area contributed by atoms with E-state index in [0.29, 0.717) is 24.5 Å². The zero-order chi connectivity index (χ0) is 25.9. The van der Waals surface area contributed by atoms with Gasteiger partial charge in [-0.05, 0) is 54.3 Å². The number of aromatic hydroxyl groups is 1. The van der Waals surface area contributed by atoms with Gasteiger partial charge in [-0.15, -0.1) is 0 Å². The molecule has 4 N–H and O–H groups in total. The third-order valence-electron chi connectivity index (χ3n) is 6.27. The molecular weight excluding hydrogens is 486 g/mol. The number of fused-ring (bicyclic) bond motifs is 1. The van der Waals surface area contributed by atoms with Gasteiger partial charge in [-0.1, -0.05) is 35.9 Å². The quantitative estimate of drug-likeness (QED) is 0.334. The average Bonchev–Trinajstić information content (AvgIpc) is 2.88. The number of rotatable bonds is 9. The second-order valence-corrected chi connectivity index (χ2v) is 9.20. The van der Waals surface area contributed by atoms with Crippen molar-refractivity contribution in [3.8, 4) is 34.1 Å². The molecule has 1 atom stereocenters. The molecule has 4 rings (SSSR count). The van der Waals surface area contributed by atoms with Crippen molar-refractivity contribution in [1.82, 2.24) is 5.32 Å². The lowest BCUT2D eigenvalue weighted by atomic mass is 9.96. The summed E-state index contributed by atoms with van der Waals surface area (Å²) in [6.45, 7) is 4.04. The minimum Gasteiger partial charge on any atom is -0.507 e. The number of hydrogen-bond acceptors (Lipinski definition) is 7. The van der Waals surface area contributed by atoms with Gasteiger partial charge in [-0.3, -0.25) is 10.1 Å². The summed E-state index contributed by atoms with van der Waals surface area (Å²) in [7, 11) is 0. The number of aliphatic hydroxyl groups is 1. The maximum Gasteiger partial charge on any atom is 0.326 e. The predicted octanol–water partition coefficient (Wildman–Crippen LogP) is 4.30.